The van der Waals surface area contributed by atoms with E-state index in [0.717, 1.165) is 22.2 Å². The highest BCUT2D eigenvalue weighted by atomic mass is 16.5. The molecule has 0 aliphatic heterocycles. The average Bonchev–Trinajstić information content (AvgIpc) is 2.49. The number of ether oxygens (including phenoxy) is 1. The van der Waals surface area contributed by atoms with Gasteiger partial charge in [-0.3, -0.25) is 0 Å². The maximum atomic E-state index is 5.97. The number of hydrogen-bond acceptors (Lipinski definition) is 4. The predicted molar refractivity (Wildman–Crippen MR) is 85.2 cm³/mol. The fourth-order valence-corrected chi connectivity index (χ4v) is 2.14. The number of aromatic nitrogens is 2. The molecule has 3 rings (SSSR count). The van der Waals surface area contributed by atoms with Crippen LogP contribution in [0.15, 0.2) is 54.6 Å². The maximum Gasteiger partial charge on any atom is 0.232 e. The van der Waals surface area contributed by atoms with Crippen molar-refractivity contribution in [3.8, 4) is 11.6 Å². The molecule has 3 aromatic rings. The second kappa shape index (κ2) is 5.63. The van der Waals surface area contributed by atoms with Crippen LogP contribution in [-0.4, -0.2) is 9.97 Å². The number of benzene rings is 2. The Balaban J connectivity index is 2.10. The molecule has 1 heterocycles. The van der Waals surface area contributed by atoms with Crippen LogP contribution in [0, 0.1) is 0 Å². The van der Waals surface area contributed by atoms with Crippen LogP contribution in [0.5, 0.6) is 11.6 Å². The summed E-state index contributed by atoms with van der Waals surface area (Å²) in [6.07, 6.45) is 3.96. The smallest absolute Gasteiger partial charge is 0.232 e. The summed E-state index contributed by atoms with van der Waals surface area (Å²) >= 11 is 0. The Labute approximate surface area is 122 Å². The summed E-state index contributed by atoms with van der Waals surface area (Å²) in [7, 11) is 0. The van der Waals surface area contributed by atoms with Crippen LogP contribution in [0.4, 0.5) is 5.95 Å². The zero-order valence-corrected chi connectivity index (χ0v) is 11.7. The molecule has 0 saturated heterocycles. The van der Waals surface area contributed by atoms with Gasteiger partial charge in [0.25, 0.3) is 0 Å². The van der Waals surface area contributed by atoms with E-state index in [1.165, 1.54) is 0 Å². The molecule has 0 spiro atoms. The SMILES string of the molecule is C/C=C/c1ccccc1Oc1nc(N)nc2ccccc12. The first-order valence-electron chi connectivity index (χ1n) is 6.70. The Kier molecular flexibility index (Phi) is 3.51. The summed E-state index contributed by atoms with van der Waals surface area (Å²) in [5, 5.41) is 0.835. The summed E-state index contributed by atoms with van der Waals surface area (Å²) < 4.78 is 5.97. The number of para-hydroxylation sites is 2. The normalized spacial score (nSPS) is 11.1. The van der Waals surface area contributed by atoms with Crippen LogP contribution in [0.2, 0.25) is 0 Å². The van der Waals surface area contributed by atoms with Crippen LogP contribution >= 0.6 is 0 Å². The van der Waals surface area contributed by atoms with Gasteiger partial charge >= 0.3 is 0 Å². The summed E-state index contributed by atoms with van der Waals surface area (Å²) in [6, 6.07) is 15.4. The first-order valence-corrected chi connectivity index (χ1v) is 6.70. The zero-order valence-electron chi connectivity index (χ0n) is 11.7. The molecule has 0 aliphatic carbocycles. The number of anilines is 1. The van der Waals surface area contributed by atoms with E-state index in [1.807, 2.05) is 67.6 Å². The van der Waals surface area contributed by atoms with Gasteiger partial charge in [0.15, 0.2) is 0 Å². The molecule has 2 aromatic carbocycles. The van der Waals surface area contributed by atoms with E-state index in [0.29, 0.717) is 5.88 Å². The van der Waals surface area contributed by atoms with Crippen molar-refractivity contribution in [3.05, 3.63) is 60.2 Å². The van der Waals surface area contributed by atoms with E-state index < -0.39 is 0 Å². The summed E-state index contributed by atoms with van der Waals surface area (Å²) in [4.78, 5) is 8.43. The lowest BCUT2D eigenvalue weighted by molar-refractivity contribution is 0.468. The van der Waals surface area contributed by atoms with Gasteiger partial charge in [-0.1, -0.05) is 42.5 Å². The van der Waals surface area contributed by atoms with Gasteiger partial charge in [0.1, 0.15) is 5.75 Å². The average molecular weight is 277 g/mol. The minimum Gasteiger partial charge on any atom is -0.438 e. The minimum absolute atomic E-state index is 0.201. The Hall–Kier alpha value is -2.88. The summed E-state index contributed by atoms with van der Waals surface area (Å²) in [5.74, 6) is 1.40. The Morgan fingerprint density at radius 3 is 2.62 bits per heavy atom. The molecule has 2 N–H and O–H groups in total. The van der Waals surface area contributed by atoms with E-state index in [9.17, 15) is 0 Å². The lowest BCUT2D eigenvalue weighted by atomic mass is 10.2. The Morgan fingerprint density at radius 2 is 1.76 bits per heavy atom. The first kappa shape index (κ1) is 13.1. The highest BCUT2D eigenvalue weighted by Crippen LogP contribution is 2.30. The molecule has 4 heteroatoms. The van der Waals surface area contributed by atoms with Gasteiger partial charge in [-0.25, -0.2) is 4.98 Å². The molecule has 0 atom stereocenters. The predicted octanol–water partition coefficient (Wildman–Crippen LogP) is 4.04. The van der Waals surface area contributed by atoms with Crippen molar-refractivity contribution < 1.29 is 4.74 Å². The van der Waals surface area contributed by atoms with Gasteiger partial charge in [-0.05, 0) is 25.1 Å². The molecular formula is C17H15N3O. The second-order valence-corrected chi connectivity index (χ2v) is 4.54. The number of fused-ring (bicyclic) bond motifs is 1. The molecule has 1 aromatic heterocycles. The van der Waals surface area contributed by atoms with E-state index in [2.05, 4.69) is 9.97 Å². The molecule has 21 heavy (non-hydrogen) atoms. The van der Waals surface area contributed by atoms with E-state index in [1.54, 1.807) is 0 Å². The first-order chi connectivity index (χ1) is 10.3. The quantitative estimate of drug-likeness (QED) is 0.785. The second-order valence-electron chi connectivity index (χ2n) is 4.54. The van der Waals surface area contributed by atoms with Gasteiger partial charge in [-0.2, -0.15) is 4.98 Å². The summed E-state index contributed by atoms with van der Waals surface area (Å²) in [5.41, 5.74) is 7.51. The third-order valence-electron chi connectivity index (χ3n) is 3.06. The van der Waals surface area contributed by atoms with Crippen LogP contribution in [0.1, 0.15) is 12.5 Å². The van der Waals surface area contributed by atoms with Crippen LogP contribution < -0.4 is 10.5 Å². The van der Waals surface area contributed by atoms with Crippen LogP contribution in [0.25, 0.3) is 17.0 Å². The Bertz CT molecular complexity index is 812. The topological polar surface area (TPSA) is 61.0 Å². The van der Waals surface area contributed by atoms with Crippen LogP contribution in [0.3, 0.4) is 0 Å². The number of rotatable bonds is 3. The molecule has 0 bridgehead atoms. The van der Waals surface area contributed by atoms with Crippen molar-refractivity contribution in [1.29, 1.82) is 0 Å². The largest absolute Gasteiger partial charge is 0.438 e. The monoisotopic (exact) mass is 277 g/mol. The van der Waals surface area contributed by atoms with E-state index >= 15 is 0 Å². The van der Waals surface area contributed by atoms with Crippen LogP contribution in [-0.2, 0) is 0 Å². The van der Waals surface area contributed by atoms with Crippen molar-refractivity contribution in [2.75, 3.05) is 5.73 Å². The number of hydrogen-bond donors (Lipinski definition) is 1. The highest BCUT2D eigenvalue weighted by molar-refractivity contribution is 5.84. The number of nitrogens with two attached hydrogens (primary N) is 1. The summed E-state index contributed by atoms with van der Waals surface area (Å²) in [6.45, 7) is 1.97. The maximum absolute atomic E-state index is 5.97. The van der Waals surface area contributed by atoms with Crippen molar-refractivity contribution in [2.24, 2.45) is 0 Å². The molecule has 0 aliphatic rings. The number of nitrogens with zero attached hydrogens (tertiary/aromatic N) is 2. The fraction of sp³-hybridized carbons (Fsp3) is 0.0588. The van der Waals surface area contributed by atoms with Crippen molar-refractivity contribution in [3.63, 3.8) is 0 Å². The third-order valence-corrected chi connectivity index (χ3v) is 3.06. The molecule has 0 amide bonds. The molecule has 4 nitrogen and oxygen atoms in total. The lowest BCUT2D eigenvalue weighted by Crippen LogP contribution is -1.99. The molecule has 0 unspecified atom stereocenters. The molecule has 0 fully saturated rings. The Morgan fingerprint density at radius 1 is 1.00 bits per heavy atom. The van der Waals surface area contributed by atoms with Gasteiger partial charge in [-0.15, -0.1) is 0 Å². The van der Waals surface area contributed by atoms with Crippen molar-refractivity contribution >= 4 is 22.9 Å². The van der Waals surface area contributed by atoms with Gasteiger partial charge in [0, 0.05) is 5.56 Å². The molecule has 104 valence electrons. The molecular weight excluding hydrogens is 262 g/mol. The highest BCUT2D eigenvalue weighted by Gasteiger charge is 2.09. The van der Waals surface area contributed by atoms with Gasteiger partial charge in [0.05, 0.1) is 10.9 Å². The minimum atomic E-state index is 0.201. The lowest BCUT2D eigenvalue weighted by Gasteiger charge is -2.10. The number of nitrogen functional groups attached to an aromatic ring is 1. The van der Waals surface area contributed by atoms with E-state index in [-0.39, 0.29) is 5.95 Å². The van der Waals surface area contributed by atoms with E-state index in [4.69, 9.17) is 10.5 Å². The van der Waals surface area contributed by atoms with Gasteiger partial charge < -0.3 is 10.5 Å². The standard InChI is InChI=1S/C17H15N3O/c1-2-7-12-8-3-6-11-15(12)21-16-13-9-4-5-10-14(13)19-17(18)20-16/h2-11H,1H3,(H2,18,19,20)/b7-2+. The third kappa shape index (κ3) is 2.69. The van der Waals surface area contributed by atoms with Crippen molar-refractivity contribution in [2.45, 2.75) is 6.92 Å². The number of allylic oxidation sites excluding steroid dienone is 1. The molecule has 0 radical (unpaired) electrons. The molecule has 0 saturated carbocycles. The van der Waals surface area contributed by atoms with Crippen molar-refractivity contribution in [1.82, 2.24) is 9.97 Å². The fourth-order valence-electron chi connectivity index (χ4n) is 2.14. The van der Waals surface area contributed by atoms with Gasteiger partial charge in [0.2, 0.25) is 11.8 Å². The zero-order chi connectivity index (χ0) is 14.7.